The zero-order valence-corrected chi connectivity index (χ0v) is 14.0. The Labute approximate surface area is 143 Å². The van der Waals surface area contributed by atoms with Gasteiger partial charge >= 0.3 is 5.69 Å². The second kappa shape index (κ2) is 5.51. The van der Waals surface area contributed by atoms with Crippen LogP contribution >= 0.6 is 0 Å². The van der Waals surface area contributed by atoms with Gasteiger partial charge in [-0.05, 0) is 23.5 Å². The maximum atomic E-state index is 12.7. The summed E-state index contributed by atoms with van der Waals surface area (Å²) < 4.78 is 2.43. The number of pyridine rings is 1. The predicted molar refractivity (Wildman–Crippen MR) is 94.1 cm³/mol. The molecule has 0 radical (unpaired) electrons. The van der Waals surface area contributed by atoms with Crippen LogP contribution in [0.5, 0.6) is 0 Å². The Hall–Kier alpha value is -3.02. The predicted octanol–water partition coefficient (Wildman–Crippen LogP) is 1.54. The third-order valence-electron chi connectivity index (χ3n) is 5.03. The Balaban J connectivity index is 2.01. The van der Waals surface area contributed by atoms with Crippen LogP contribution in [0.4, 0.5) is 0 Å². The maximum absolute atomic E-state index is 12.7. The van der Waals surface area contributed by atoms with Crippen LogP contribution in [0.1, 0.15) is 33.8 Å². The molecule has 0 aliphatic heterocycles. The maximum Gasteiger partial charge on any atom is 0.332 e. The molecule has 2 aromatic heterocycles. The van der Waals surface area contributed by atoms with E-state index in [-0.39, 0.29) is 11.7 Å². The monoisotopic (exact) mass is 335 g/mol. The summed E-state index contributed by atoms with van der Waals surface area (Å²) in [6.07, 6.45) is 2.48. The molecule has 0 spiro atoms. The molecule has 1 aromatic carbocycles. The number of rotatable bonds is 1. The van der Waals surface area contributed by atoms with Crippen LogP contribution < -0.4 is 11.2 Å². The molecule has 0 N–H and O–H groups in total. The van der Waals surface area contributed by atoms with Crippen molar-refractivity contribution in [2.45, 2.75) is 18.8 Å². The van der Waals surface area contributed by atoms with Gasteiger partial charge in [-0.15, -0.1) is 0 Å². The molecule has 126 valence electrons. The second-order valence-corrected chi connectivity index (χ2v) is 6.49. The molecule has 1 unspecified atom stereocenters. The standard InChI is InChI=1S/C19H17N3O3/c1-21-17-16(18(24)22(2)19(21)25)13-8-12(11-6-4-3-5-7-11)9-15(23)14(13)10-20-17/h3-7,10,12H,8-9H2,1-2H3. The minimum atomic E-state index is -0.424. The molecule has 0 saturated heterocycles. The van der Waals surface area contributed by atoms with Crippen LogP contribution in [0.3, 0.4) is 0 Å². The van der Waals surface area contributed by atoms with Gasteiger partial charge in [-0.25, -0.2) is 9.78 Å². The molecule has 1 aliphatic rings. The highest BCUT2D eigenvalue weighted by Crippen LogP contribution is 2.34. The quantitative estimate of drug-likeness (QED) is 0.676. The number of benzene rings is 1. The van der Waals surface area contributed by atoms with Gasteiger partial charge in [-0.2, -0.15) is 0 Å². The lowest BCUT2D eigenvalue weighted by Gasteiger charge is -2.25. The summed E-state index contributed by atoms with van der Waals surface area (Å²) in [6, 6.07) is 9.83. The van der Waals surface area contributed by atoms with Crippen molar-refractivity contribution in [2.75, 3.05) is 0 Å². The van der Waals surface area contributed by atoms with Gasteiger partial charge in [0, 0.05) is 32.3 Å². The molecular weight excluding hydrogens is 318 g/mol. The number of ketones is 1. The summed E-state index contributed by atoms with van der Waals surface area (Å²) in [5.41, 5.74) is 1.78. The number of hydrogen-bond donors (Lipinski definition) is 0. The van der Waals surface area contributed by atoms with Crippen LogP contribution in [0.25, 0.3) is 11.0 Å². The molecule has 0 fully saturated rings. The van der Waals surface area contributed by atoms with Crippen LogP contribution in [-0.4, -0.2) is 19.9 Å². The molecule has 1 aliphatic carbocycles. The van der Waals surface area contributed by atoms with E-state index < -0.39 is 11.2 Å². The number of nitrogens with zero attached hydrogens (tertiary/aromatic N) is 3. The van der Waals surface area contributed by atoms with Crippen LogP contribution in [0, 0.1) is 0 Å². The third-order valence-corrected chi connectivity index (χ3v) is 5.03. The van der Waals surface area contributed by atoms with Crippen molar-refractivity contribution < 1.29 is 4.79 Å². The molecule has 0 bridgehead atoms. The summed E-state index contributed by atoms with van der Waals surface area (Å²) in [6.45, 7) is 0. The number of fused-ring (bicyclic) bond motifs is 3. The number of hydrogen-bond acceptors (Lipinski definition) is 4. The van der Waals surface area contributed by atoms with E-state index in [2.05, 4.69) is 4.98 Å². The molecule has 3 aromatic rings. The number of carbonyl (C=O) groups is 1. The van der Waals surface area contributed by atoms with Gasteiger partial charge < -0.3 is 0 Å². The lowest BCUT2D eigenvalue weighted by atomic mass is 9.79. The van der Waals surface area contributed by atoms with Crippen molar-refractivity contribution in [3.05, 3.63) is 74.1 Å². The van der Waals surface area contributed by atoms with E-state index >= 15 is 0 Å². The fourth-order valence-electron chi connectivity index (χ4n) is 3.65. The third kappa shape index (κ3) is 2.25. The minimum absolute atomic E-state index is 0.0135. The Kier molecular flexibility index (Phi) is 3.42. The number of Topliss-reactive ketones (excluding diaryl/α,β-unsaturated/α-hetero) is 1. The molecule has 6 nitrogen and oxygen atoms in total. The topological polar surface area (TPSA) is 74.0 Å². The smallest absolute Gasteiger partial charge is 0.294 e. The summed E-state index contributed by atoms with van der Waals surface area (Å²) in [5, 5.41) is 0.371. The Morgan fingerprint density at radius 3 is 2.44 bits per heavy atom. The molecule has 0 amide bonds. The molecule has 4 rings (SSSR count). The minimum Gasteiger partial charge on any atom is -0.294 e. The fraction of sp³-hybridized carbons (Fsp3) is 0.263. The van der Waals surface area contributed by atoms with Crippen molar-refractivity contribution >= 4 is 16.8 Å². The SMILES string of the molecule is Cn1c(=O)c2c3c(cnc2n(C)c1=O)C(=O)CC(c1ccccc1)C3. The molecule has 1 atom stereocenters. The van der Waals surface area contributed by atoms with Crippen molar-refractivity contribution in [1.82, 2.24) is 14.1 Å². The first-order valence-corrected chi connectivity index (χ1v) is 8.14. The van der Waals surface area contributed by atoms with Crippen molar-refractivity contribution in [1.29, 1.82) is 0 Å². The average molecular weight is 335 g/mol. The average Bonchev–Trinajstić information content (AvgIpc) is 2.64. The van der Waals surface area contributed by atoms with Crippen molar-refractivity contribution in [3.8, 4) is 0 Å². The van der Waals surface area contributed by atoms with Gasteiger partial charge in [0.1, 0.15) is 5.65 Å². The highest BCUT2D eigenvalue weighted by atomic mass is 16.2. The first-order valence-electron chi connectivity index (χ1n) is 8.14. The fourth-order valence-corrected chi connectivity index (χ4v) is 3.65. The number of aryl methyl sites for hydroxylation is 1. The van der Waals surface area contributed by atoms with E-state index in [0.29, 0.717) is 35.0 Å². The number of aromatic nitrogens is 3. The van der Waals surface area contributed by atoms with Gasteiger partial charge in [-0.1, -0.05) is 30.3 Å². The van der Waals surface area contributed by atoms with Gasteiger partial charge in [0.25, 0.3) is 5.56 Å². The molecule has 6 heteroatoms. The first-order chi connectivity index (χ1) is 12.0. The Morgan fingerprint density at radius 1 is 1.00 bits per heavy atom. The van der Waals surface area contributed by atoms with E-state index in [1.54, 1.807) is 7.05 Å². The van der Waals surface area contributed by atoms with Gasteiger partial charge in [0.15, 0.2) is 5.78 Å². The van der Waals surface area contributed by atoms with Crippen LogP contribution in [0.15, 0.2) is 46.1 Å². The van der Waals surface area contributed by atoms with Crippen molar-refractivity contribution in [2.24, 2.45) is 14.1 Å². The lowest BCUT2D eigenvalue weighted by molar-refractivity contribution is 0.0964. The van der Waals surface area contributed by atoms with Crippen molar-refractivity contribution in [3.63, 3.8) is 0 Å². The van der Waals surface area contributed by atoms with Gasteiger partial charge in [0.05, 0.1) is 5.39 Å². The van der Waals surface area contributed by atoms with E-state index in [0.717, 1.165) is 10.1 Å². The molecular formula is C19H17N3O3. The normalized spacial score (nSPS) is 16.9. The molecule has 0 saturated carbocycles. The zero-order valence-electron chi connectivity index (χ0n) is 14.0. The summed E-state index contributed by atoms with van der Waals surface area (Å²) in [5.74, 6) is 0.00847. The zero-order chi connectivity index (χ0) is 17.7. The number of carbonyl (C=O) groups excluding carboxylic acids is 1. The first kappa shape index (κ1) is 15.5. The van der Waals surface area contributed by atoms with Crippen LogP contribution in [-0.2, 0) is 20.5 Å². The van der Waals surface area contributed by atoms with Crippen LogP contribution in [0.2, 0.25) is 0 Å². The second-order valence-electron chi connectivity index (χ2n) is 6.49. The highest BCUT2D eigenvalue weighted by molar-refractivity contribution is 6.02. The largest absolute Gasteiger partial charge is 0.332 e. The highest BCUT2D eigenvalue weighted by Gasteiger charge is 2.29. The van der Waals surface area contributed by atoms with E-state index in [9.17, 15) is 14.4 Å². The molecule has 25 heavy (non-hydrogen) atoms. The van der Waals surface area contributed by atoms with E-state index in [1.165, 1.54) is 17.8 Å². The van der Waals surface area contributed by atoms with Gasteiger partial charge in [-0.3, -0.25) is 18.7 Å². The summed E-state index contributed by atoms with van der Waals surface area (Å²) in [7, 11) is 3.03. The summed E-state index contributed by atoms with van der Waals surface area (Å²) >= 11 is 0. The molecule has 2 heterocycles. The summed E-state index contributed by atoms with van der Waals surface area (Å²) in [4.78, 5) is 41.7. The lowest BCUT2D eigenvalue weighted by Crippen LogP contribution is -2.38. The van der Waals surface area contributed by atoms with E-state index in [4.69, 9.17) is 0 Å². The van der Waals surface area contributed by atoms with E-state index in [1.807, 2.05) is 30.3 Å². The Bertz CT molecular complexity index is 1130. The van der Waals surface area contributed by atoms with Gasteiger partial charge in [0.2, 0.25) is 0 Å². The Morgan fingerprint density at radius 2 is 1.72 bits per heavy atom.